The Morgan fingerprint density at radius 3 is 3.07 bits per heavy atom. The normalized spacial score (nSPS) is 16.7. The Labute approximate surface area is 92.8 Å². The van der Waals surface area contributed by atoms with Gasteiger partial charge in [-0.15, -0.1) is 0 Å². The molecular weight excluding hydrogens is 204 g/mol. The highest BCUT2D eigenvalue weighted by atomic mass is 32.1. The van der Waals surface area contributed by atoms with Gasteiger partial charge < -0.3 is 5.32 Å². The zero-order chi connectivity index (χ0) is 10.1. The summed E-state index contributed by atoms with van der Waals surface area (Å²) in [6.07, 6.45) is 3.42. The molecule has 1 aromatic carbocycles. The topological polar surface area (TPSA) is 24.9 Å². The first-order valence-electron chi connectivity index (χ1n) is 5.20. The van der Waals surface area contributed by atoms with Crippen LogP contribution < -0.4 is 5.32 Å². The third-order valence-corrected chi connectivity index (χ3v) is 3.54. The van der Waals surface area contributed by atoms with E-state index in [9.17, 15) is 0 Å². The Morgan fingerprint density at radius 1 is 1.27 bits per heavy atom. The minimum atomic E-state index is 0.952. The van der Waals surface area contributed by atoms with E-state index < -0.39 is 0 Å². The Kier molecular flexibility index (Phi) is 2.27. The van der Waals surface area contributed by atoms with E-state index in [1.54, 1.807) is 11.5 Å². The molecule has 2 nitrogen and oxygen atoms in total. The van der Waals surface area contributed by atoms with Crippen LogP contribution in [0.2, 0.25) is 0 Å². The maximum atomic E-state index is 4.55. The average Bonchev–Trinajstić information content (AvgIpc) is 2.74. The molecule has 1 aliphatic heterocycles. The van der Waals surface area contributed by atoms with E-state index >= 15 is 0 Å². The lowest BCUT2D eigenvalue weighted by Crippen LogP contribution is -2.21. The number of hydrogen-bond acceptors (Lipinski definition) is 3. The van der Waals surface area contributed by atoms with Crippen LogP contribution >= 0.6 is 11.5 Å². The largest absolute Gasteiger partial charge is 0.312 e. The summed E-state index contributed by atoms with van der Waals surface area (Å²) in [5.74, 6) is 0. The summed E-state index contributed by atoms with van der Waals surface area (Å²) in [5, 5.41) is 4.67. The number of hydrogen-bond donors (Lipinski definition) is 1. The van der Waals surface area contributed by atoms with Crippen molar-refractivity contribution in [3.63, 3.8) is 0 Å². The van der Waals surface area contributed by atoms with Crippen LogP contribution in [0.4, 0.5) is 0 Å². The van der Waals surface area contributed by atoms with E-state index in [2.05, 4.69) is 40.0 Å². The molecule has 3 rings (SSSR count). The number of fused-ring (bicyclic) bond motifs is 1. The van der Waals surface area contributed by atoms with Gasteiger partial charge in [0.1, 0.15) is 0 Å². The van der Waals surface area contributed by atoms with Crippen LogP contribution in [0.1, 0.15) is 12.1 Å². The minimum Gasteiger partial charge on any atom is -0.312 e. The number of benzene rings is 1. The van der Waals surface area contributed by atoms with Crippen molar-refractivity contribution in [1.82, 2.24) is 9.69 Å². The molecule has 1 aromatic heterocycles. The van der Waals surface area contributed by atoms with Gasteiger partial charge in [-0.1, -0.05) is 24.3 Å². The molecule has 0 unspecified atom stereocenters. The van der Waals surface area contributed by atoms with E-state index in [-0.39, 0.29) is 0 Å². The van der Waals surface area contributed by atoms with Crippen LogP contribution in [0, 0.1) is 0 Å². The average molecular weight is 216 g/mol. The fourth-order valence-corrected chi connectivity index (χ4v) is 2.75. The van der Waals surface area contributed by atoms with Crippen LogP contribution in [0.5, 0.6) is 0 Å². The lowest BCUT2D eigenvalue weighted by Gasteiger charge is -2.12. The highest BCUT2D eigenvalue weighted by molar-refractivity contribution is 7.13. The summed E-state index contributed by atoms with van der Waals surface area (Å²) >= 11 is 1.59. The van der Waals surface area contributed by atoms with Crippen molar-refractivity contribution in [2.24, 2.45) is 0 Å². The molecule has 1 aliphatic rings. The van der Waals surface area contributed by atoms with Gasteiger partial charge in [-0.05, 0) is 36.1 Å². The molecule has 0 saturated carbocycles. The van der Waals surface area contributed by atoms with Crippen LogP contribution in [-0.2, 0) is 0 Å². The molecule has 15 heavy (non-hydrogen) atoms. The van der Waals surface area contributed by atoms with Gasteiger partial charge in [0.25, 0.3) is 0 Å². The highest BCUT2D eigenvalue weighted by Gasteiger charge is 2.11. The second-order valence-electron chi connectivity index (χ2n) is 3.72. The monoisotopic (exact) mass is 216 g/mol. The minimum absolute atomic E-state index is 0.952. The molecule has 2 heterocycles. The standard InChI is InChI=1S/C12H12N2S/c1-2-6-11-10(5-1)12(14-15-11)9-4-3-7-13-8-9/h1-2,4-6,13H,3,7-8H2. The second-order valence-corrected chi connectivity index (χ2v) is 4.53. The second kappa shape index (κ2) is 3.76. The molecule has 0 fully saturated rings. The predicted octanol–water partition coefficient (Wildman–Crippen LogP) is 2.67. The van der Waals surface area contributed by atoms with Crippen molar-refractivity contribution in [3.8, 4) is 0 Å². The molecule has 76 valence electrons. The first kappa shape index (κ1) is 9.07. The maximum Gasteiger partial charge on any atom is 0.0888 e. The van der Waals surface area contributed by atoms with Crippen molar-refractivity contribution >= 4 is 27.2 Å². The van der Waals surface area contributed by atoms with E-state index in [4.69, 9.17) is 0 Å². The van der Waals surface area contributed by atoms with Gasteiger partial charge in [0.2, 0.25) is 0 Å². The van der Waals surface area contributed by atoms with Crippen LogP contribution in [0.3, 0.4) is 0 Å². The maximum absolute atomic E-state index is 4.55. The Balaban J connectivity index is 2.14. The fraction of sp³-hybridized carbons (Fsp3) is 0.250. The van der Waals surface area contributed by atoms with Gasteiger partial charge in [-0.3, -0.25) is 0 Å². The van der Waals surface area contributed by atoms with Gasteiger partial charge in [0.05, 0.1) is 10.4 Å². The predicted molar refractivity (Wildman–Crippen MR) is 65.1 cm³/mol. The SMILES string of the molecule is C1=C(c2nsc3ccccc23)CNCC1. The quantitative estimate of drug-likeness (QED) is 0.792. The van der Waals surface area contributed by atoms with Gasteiger partial charge in [-0.25, -0.2) is 0 Å². The van der Waals surface area contributed by atoms with Gasteiger partial charge in [0.15, 0.2) is 0 Å². The van der Waals surface area contributed by atoms with E-state index in [1.165, 1.54) is 21.4 Å². The summed E-state index contributed by atoms with van der Waals surface area (Å²) in [6.45, 7) is 2.04. The number of rotatable bonds is 1. The first-order valence-corrected chi connectivity index (χ1v) is 5.97. The number of nitrogens with one attached hydrogen (secondary N) is 1. The van der Waals surface area contributed by atoms with Gasteiger partial charge >= 0.3 is 0 Å². The van der Waals surface area contributed by atoms with Crippen LogP contribution in [0.25, 0.3) is 15.7 Å². The third kappa shape index (κ3) is 1.58. The fourth-order valence-electron chi connectivity index (χ4n) is 1.94. The zero-order valence-electron chi connectivity index (χ0n) is 8.36. The number of aromatic nitrogens is 1. The van der Waals surface area contributed by atoms with E-state index in [1.807, 2.05) is 0 Å². The Hall–Kier alpha value is -1.19. The summed E-state index contributed by atoms with van der Waals surface area (Å²) < 4.78 is 5.83. The Morgan fingerprint density at radius 2 is 2.20 bits per heavy atom. The molecule has 0 aliphatic carbocycles. The third-order valence-electron chi connectivity index (χ3n) is 2.71. The summed E-state index contributed by atoms with van der Waals surface area (Å²) in [4.78, 5) is 0. The van der Waals surface area contributed by atoms with Crippen molar-refractivity contribution in [1.29, 1.82) is 0 Å². The van der Waals surface area contributed by atoms with E-state index in [0.29, 0.717) is 0 Å². The van der Waals surface area contributed by atoms with Crippen molar-refractivity contribution in [2.75, 3.05) is 13.1 Å². The van der Waals surface area contributed by atoms with E-state index in [0.717, 1.165) is 19.5 Å². The van der Waals surface area contributed by atoms with Crippen LogP contribution in [0.15, 0.2) is 30.3 Å². The van der Waals surface area contributed by atoms with Crippen LogP contribution in [-0.4, -0.2) is 17.5 Å². The van der Waals surface area contributed by atoms with Gasteiger partial charge in [0, 0.05) is 11.9 Å². The number of nitrogens with zero attached hydrogens (tertiary/aromatic N) is 1. The molecule has 1 N–H and O–H groups in total. The van der Waals surface area contributed by atoms with Crippen molar-refractivity contribution in [2.45, 2.75) is 6.42 Å². The molecule has 3 heteroatoms. The first-order chi connectivity index (χ1) is 7.45. The summed E-state index contributed by atoms with van der Waals surface area (Å²) in [6, 6.07) is 8.44. The van der Waals surface area contributed by atoms with Crippen molar-refractivity contribution in [3.05, 3.63) is 36.0 Å². The molecule has 0 bridgehead atoms. The molecule has 0 atom stereocenters. The summed E-state index contributed by atoms with van der Waals surface area (Å²) in [7, 11) is 0. The Bertz CT molecular complexity index is 513. The molecule has 0 spiro atoms. The summed E-state index contributed by atoms with van der Waals surface area (Å²) in [5.41, 5.74) is 2.52. The van der Waals surface area contributed by atoms with Gasteiger partial charge in [-0.2, -0.15) is 4.37 Å². The smallest absolute Gasteiger partial charge is 0.0888 e. The van der Waals surface area contributed by atoms with Crippen molar-refractivity contribution < 1.29 is 0 Å². The highest BCUT2D eigenvalue weighted by Crippen LogP contribution is 2.28. The molecular formula is C12H12N2S. The molecule has 2 aromatic rings. The molecule has 0 radical (unpaired) electrons. The lowest BCUT2D eigenvalue weighted by molar-refractivity contribution is 0.738. The zero-order valence-corrected chi connectivity index (χ0v) is 9.18. The molecule has 0 saturated heterocycles. The lowest BCUT2D eigenvalue weighted by atomic mass is 10.1. The molecule has 0 amide bonds.